The second-order valence-electron chi connectivity index (χ2n) is 6.69. The maximum Gasteiger partial charge on any atom is 0.260 e. The van der Waals surface area contributed by atoms with Crippen LogP contribution in [0.3, 0.4) is 0 Å². The maximum absolute atomic E-state index is 12.0. The van der Waals surface area contributed by atoms with Crippen LogP contribution in [0.15, 0.2) is 47.6 Å². The standard InChI is InChI=1S/C21H22ClN3O4/c1-14(23-24-19-12-16(21(27)28)6-9-18(19)22)15-4-7-17(8-5-15)29-13-20(26)25-10-2-3-11-25/h4-9,12,24H,2-3,10-11,13H2,1H3,(H,27,28)/p-1/b23-14-. The van der Waals surface area contributed by atoms with E-state index in [2.05, 4.69) is 10.5 Å². The average Bonchev–Trinajstić information content (AvgIpc) is 3.26. The summed E-state index contributed by atoms with van der Waals surface area (Å²) in [4.78, 5) is 24.8. The second-order valence-corrected chi connectivity index (χ2v) is 7.10. The van der Waals surface area contributed by atoms with Crippen LogP contribution >= 0.6 is 11.6 Å². The Kier molecular flexibility index (Phi) is 6.72. The molecule has 0 bridgehead atoms. The van der Waals surface area contributed by atoms with Gasteiger partial charge in [-0.1, -0.05) is 17.7 Å². The van der Waals surface area contributed by atoms with Crippen molar-refractivity contribution in [1.29, 1.82) is 0 Å². The third kappa shape index (κ3) is 5.48. The zero-order chi connectivity index (χ0) is 20.8. The molecule has 0 radical (unpaired) electrons. The molecular weight excluding hydrogens is 394 g/mol. The minimum atomic E-state index is -1.29. The molecule has 8 heteroatoms. The number of likely N-dealkylation sites (tertiary alicyclic amines) is 1. The van der Waals surface area contributed by atoms with Gasteiger partial charge in [0.25, 0.3) is 5.91 Å². The number of nitrogens with one attached hydrogen (secondary N) is 1. The number of nitrogens with zero attached hydrogens (tertiary/aromatic N) is 2. The van der Waals surface area contributed by atoms with Crippen molar-refractivity contribution in [3.05, 3.63) is 58.6 Å². The maximum atomic E-state index is 12.0. The first-order valence-electron chi connectivity index (χ1n) is 9.26. The van der Waals surface area contributed by atoms with Crippen LogP contribution in [0.5, 0.6) is 5.75 Å². The summed E-state index contributed by atoms with van der Waals surface area (Å²) in [5.41, 5.74) is 4.66. The highest BCUT2D eigenvalue weighted by molar-refractivity contribution is 6.33. The van der Waals surface area contributed by atoms with Crippen LogP contribution in [-0.4, -0.2) is 42.2 Å². The molecule has 0 unspecified atom stereocenters. The topological polar surface area (TPSA) is 94.1 Å². The van der Waals surface area contributed by atoms with Gasteiger partial charge in [-0.3, -0.25) is 10.2 Å². The van der Waals surface area contributed by atoms with Gasteiger partial charge < -0.3 is 19.5 Å². The van der Waals surface area contributed by atoms with Crippen molar-refractivity contribution in [3.63, 3.8) is 0 Å². The molecular formula is C21H21ClN3O4-. The van der Waals surface area contributed by atoms with Crippen molar-refractivity contribution in [1.82, 2.24) is 4.90 Å². The predicted octanol–water partition coefficient (Wildman–Crippen LogP) is 2.54. The highest BCUT2D eigenvalue weighted by Gasteiger charge is 2.18. The molecule has 1 heterocycles. The van der Waals surface area contributed by atoms with E-state index in [1.165, 1.54) is 18.2 Å². The van der Waals surface area contributed by atoms with Gasteiger partial charge in [-0.2, -0.15) is 5.10 Å². The summed E-state index contributed by atoms with van der Waals surface area (Å²) in [6.07, 6.45) is 2.10. The molecule has 29 heavy (non-hydrogen) atoms. The summed E-state index contributed by atoms with van der Waals surface area (Å²) in [7, 11) is 0. The number of carbonyl (C=O) groups is 2. The number of hydrazone groups is 1. The molecule has 1 aliphatic heterocycles. The molecule has 0 saturated carbocycles. The molecule has 152 valence electrons. The lowest BCUT2D eigenvalue weighted by Gasteiger charge is -2.15. The zero-order valence-electron chi connectivity index (χ0n) is 16.0. The Morgan fingerprint density at radius 2 is 1.79 bits per heavy atom. The molecule has 2 aromatic carbocycles. The Morgan fingerprint density at radius 3 is 2.45 bits per heavy atom. The molecule has 0 spiro atoms. The normalized spacial score (nSPS) is 14.0. The molecule has 1 amide bonds. The summed E-state index contributed by atoms with van der Waals surface area (Å²) in [5, 5.41) is 15.6. The summed E-state index contributed by atoms with van der Waals surface area (Å²) in [6.45, 7) is 3.44. The van der Waals surface area contributed by atoms with Crippen molar-refractivity contribution >= 4 is 34.9 Å². The lowest BCUT2D eigenvalue weighted by Crippen LogP contribution is -2.32. The summed E-state index contributed by atoms with van der Waals surface area (Å²) < 4.78 is 5.57. The van der Waals surface area contributed by atoms with E-state index in [4.69, 9.17) is 16.3 Å². The van der Waals surface area contributed by atoms with Crippen molar-refractivity contribution in [2.24, 2.45) is 5.10 Å². The summed E-state index contributed by atoms with van der Waals surface area (Å²) >= 11 is 6.07. The number of carboxylic acids is 1. The first-order chi connectivity index (χ1) is 13.9. The molecule has 1 aliphatic rings. The van der Waals surface area contributed by atoms with Crippen LogP contribution in [-0.2, 0) is 4.79 Å². The van der Waals surface area contributed by atoms with Crippen molar-refractivity contribution < 1.29 is 19.4 Å². The van der Waals surface area contributed by atoms with Gasteiger partial charge in [-0.05, 0) is 67.3 Å². The second kappa shape index (κ2) is 9.43. The highest BCUT2D eigenvalue weighted by atomic mass is 35.5. The van der Waals surface area contributed by atoms with Gasteiger partial charge in [0.2, 0.25) is 0 Å². The van der Waals surface area contributed by atoms with Crippen LogP contribution in [0, 0.1) is 0 Å². The van der Waals surface area contributed by atoms with Crippen LogP contribution in [0.1, 0.15) is 35.7 Å². The fourth-order valence-electron chi connectivity index (χ4n) is 2.94. The molecule has 0 aliphatic carbocycles. The van der Waals surface area contributed by atoms with Gasteiger partial charge in [-0.25, -0.2) is 0 Å². The van der Waals surface area contributed by atoms with E-state index in [1.807, 2.05) is 17.0 Å². The van der Waals surface area contributed by atoms with E-state index >= 15 is 0 Å². The van der Waals surface area contributed by atoms with Gasteiger partial charge in [0.1, 0.15) is 5.75 Å². The van der Waals surface area contributed by atoms with E-state index in [9.17, 15) is 14.7 Å². The molecule has 1 fully saturated rings. The number of hydrogen-bond donors (Lipinski definition) is 1. The highest BCUT2D eigenvalue weighted by Crippen LogP contribution is 2.23. The number of amides is 1. The number of aromatic carboxylic acids is 1. The fourth-order valence-corrected chi connectivity index (χ4v) is 3.10. The summed E-state index contributed by atoms with van der Waals surface area (Å²) in [5.74, 6) is -0.680. The van der Waals surface area contributed by atoms with Crippen LogP contribution < -0.4 is 15.3 Å². The Morgan fingerprint density at radius 1 is 1.14 bits per heavy atom. The van der Waals surface area contributed by atoms with E-state index in [-0.39, 0.29) is 18.1 Å². The fraction of sp³-hybridized carbons (Fsp3) is 0.286. The quantitative estimate of drug-likeness (QED) is 0.555. The van der Waals surface area contributed by atoms with E-state index in [0.29, 0.717) is 22.2 Å². The zero-order valence-corrected chi connectivity index (χ0v) is 16.7. The van der Waals surface area contributed by atoms with E-state index in [0.717, 1.165) is 31.5 Å². The van der Waals surface area contributed by atoms with E-state index in [1.54, 1.807) is 19.1 Å². The Labute approximate surface area is 173 Å². The lowest BCUT2D eigenvalue weighted by molar-refractivity contribution is -0.255. The number of carbonyl (C=O) groups excluding carboxylic acids is 2. The van der Waals surface area contributed by atoms with Crippen molar-refractivity contribution in [3.8, 4) is 5.75 Å². The molecule has 7 nitrogen and oxygen atoms in total. The van der Waals surface area contributed by atoms with Gasteiger partial charge in [-0.15, -0.1) is 0 Å². The SMILES string of the molecule is C/C(=N/Nc1cc(C(=O)[O-])ccc1Cl)c1ccc(OCC(=O)N2CCCC2)cc1. The van der Waals surface area contributed by atoms with Crippen LogP contribution in [0.2, 0.25) is 5.02 Å². The lowest BCUT2D eigenvalue weighted by atomic mass is 10.1. The molecule has 0 aromatic heterocycles. The molecule has 1 saturated heterocycles. The number of rotatable bonds is 7. The number of ether oxygens (including phenoxy) is 1. The number of benzene rings is 2. The minimum absolute atomic E-state index is 0.00388. The third-order valence-electron chi connectivity index (χ3n) is 4.64. The summed E-state index contributed by atoms with van der Waals surface area (Å²) in [6, 6.07) is 11.4. The predicted molar refractivity (Wildman–Crippen MR) is 109 cm³/mol. The molecule has 1 N–H and O–H groups in total. The molecule has 2 aromatic rings. The van der Waals surface area contributed by atoms with E-state index < -0.39 is 5.97 Å². The monoisotopic (exact) mass is 414 g/mol. The molecule has 3 rings (SSSR count). The van der Waals surface area contributed by atoms with Crippen LogP contribution in [0.4, 0.5) is 5.69 Å². The number of halogens is 1. The van der Waals surface area contributed by atoms with Crippen LogP contribution in [0.25, 0.3) is 0 Å². The van der Waals surface area contributed by atoms with Gasteiger partial charge in [0.05, 0.1) is 22.4 Å². The largest absolute Gasteiger partial charge is 0.545 e. The Balaban J connectivity index is 1.59. The first kappa shape index (κ1) is 20.7. The van der Waals surface area contributed by atoms with Gasteiger partial charge >= 0.3 is 0 Å². The Hall–Kier alpha value is -3.06. The van der Waals surface area contributed by atoms with Gasteiger partial charge in [0.15, 0.2) is 6.61 Å². The van der Waals surface area contributed by atoms with Crippen molar-refractivity contribution in [2.75, 3.05) is 25.1 Å². The number of anilines is 1. The minimum Gasteiger partial charge on any atom is -0.545 e. The molecule has 0 atom stereocenters. The smallest absolute Gasteiger partial charge is 0.260 e. The number of hydrogen-bond acceptors (Lipinski definition) is 6. The average molecular weight is 415 g/mol. The first-order valence-corrected chi connectivity index (χ1v) is 9.64. The van der Waals surface area contributed by atoms with Gasteiger partial charge in [0, 0.05) is 13.1 Å². The number of carboxylic acid groups (broad SMARTS) is 1. The third-order valence-corrected chi connectivity index (χ3v) is 4.97. The van der Waals surface area contributed by atoms with Crippen molar-refractivity contribution in [2.45, 2.75) is 19.8 Å². The Bertz CT molecular complexity index is 922.